The second-order valence-corrected chi connectivity index (χ2v) is 16.1. The Morgan fingerprint density at radius 2 is 1.11 bits per heavy atom. The second kappa shape index (κ2) is 20.1. The van der Waals surface area contributed by atoms with Crippen LogP contribution in [0.15, 0.2) is 138 Å². The van der Waals surface area contributed by atoms with E-state index in [1.165, 1.54) is 24.5 Å². The van der Waals surface area contributed by atoms with E-state index in [1.807, 2.05) is 45.9 Å². The van der Waals surface area contributed by atoms with Crippen molar-refractivity contribution in [3.05, 3.63) is 208 Å². The van der Waals surface area contributed by atoms with E-state index in [0.717, 1.165) is 35.2 Å². The molecule has 6 heteroatoms. The molecule has 0 saturated carbocycles. The molecule has 9 aromatic rings. The molecule has 0 bridgehead atoms. The molecule has 0 unspecified atom stereocenters. The van der Waals surface area contributed by atoms with Crippen molar-refractivity contribution in [1.29, 1.82) is 5.26 Å². The Kier molecular flexibility index (Phi) is 9.96. The largest absolute Gasteiger partial charge is 3.00 e. The minimum absolute atomic E-state index is 0. The average molecular weight is 1040 g/mol. The van der Waals surface area contributed by atoms with E-state index in [2.05, 4.69) is 39.2 Å². The van der Waals surface area contributed by atoms with E-state index in [4.69, 9.17) is 4.42 Å². The zero-order chi connectivity index (χ0) is 54.9. The summed E-state index contributed by atoms with van der Waals surface area (Å²) >= 11 is 0. The fraction of sp³-hybridized carbons (Fsp3) is 0.220. The molecule has 4 heterocycles. The van der Waals surface area contributed by atoms with Gasteiger partial charge in [-0.2, -0.15) is 5.26 Å². The van der Waals surface area contributed by atoms with Gasteiger partial charge in [0, 0.05) is 46.0 Å². The van der Waals surface area contributed by atoms with Crippen LogP contribution in [0.25, 0.3) is 55.7 Å². The summed E-state index contributed by atoms with van der Waals surface area (Å²) in [6, 6.07) is 42.0. The Morgan fingerprint density at radius 1 is 0.569 bits per heavy atom. The van der Waals surface area contributed by atoms with Crippen molar-refractivity contribution in [3.63, 3.8) is 0 Å². The van der Waals surface area contributed by atoms with Crippen LogP contribution < -0.4 is 0 Å². The van der Waals surface area contributed by atoms with Gasteiger partial charge in [-0.1, -0.05) is 87.2 Å². The summed E-state index contributed by atoms with van der Waals surface area (Å²) in [4.78, 5) is 13.6. The molecule has 0 radical (unpaired) electrons. The number of fused-ring (bicyclic) bond motifs is 3. The van der Waals surface area contributed by atoms with E-state index < -0.39 is 54.9 Å². The molecule has 0 N–H and O–H groups in total. The van der Waals surface area contributed by atoms with Crippen LogP contribution in [0.1, 0.15) is 112 Å². The first kappa shape index (κ1) is 32.2. The molecule has 4 aromatic heterocycles. The van der Waals surface area contributed by atoms with Gasteiger partial charge in [0.05, 0.1) is 17.2 Å². The molecule has 0 fully saturated rings. The number of benzene rings is 5. The number of rotatable bonds is 14. The SMILES string of the molecule is [2H]C([2H])(c1ccc(-c2[c-]ccc3c2oc2c(C)c(C#N)ccc23)nc1)C([2H])([2H])c1cc(C([2H])([2H])C([2H])([2H])c2cnc(-c3[c-]cccc3)cc2C(C)C)cc(C([2H])([2H])C([2H])([2H])c2cnc(-c3[c-]cccc3)cc2C(C)C)c1.[Ir+3]. The maximum Gasteiger partial charge on any atom is 3.00 e. The summed E-state index contributed by atoms with van der Waals surface area (Å²) in [6.45, 7) is 9.09. The molecule has 0 spiro atoms. The number of aryl methyl sites for hydroxylation is 7. The molecule has 0 aliphatic carbocycles. The van der Waals surface area contributed by atoms with Gasteiger partial charge in [-0.25, -0.2) is 0 Å². The van der Waals surface area contributed by atoms with Gasteiger partial charge in [0.2, 0.25) is 0 Å². The summed E-state index contributed by atoms with van der Waals surface area (Å²) in [5.41, 5.74) is 3.62. The van der Waals surface area contributed by atoms with E-state index in [0.29, 0.717) is 67.2 Å². The zero-order valence-corrected chi connectivity index (χ0v) is 38.8. The van der Waals surface area contributed by atoms with Crippen LogP contribution in [0.3, 0.4) is 0 Å². The molecule has 0 atom stereocenters. The molecule has 0 saturated heterocycles. The summed E-state index contributed by atoms with van der Waals surface area (Å²) in [5.74, 6) is -0.699. The number of nitriles is 1. The topological polar surface area (TPSA) is 75.6 Å². The molecule has 65 heavy (non-hydrogen) atoms. The van der Waals surface area contributed by atoms with Crippen LogP contribution in [-0.4, -0.2) is 15.0 Å². The Hall–Kier alpha value is -6.51. The monoisotopic (exact) mass is 1040 g/mol. The van der Waals surface area contributed by atoms with Gasteiger partial charge in [0.25, 0.3) is 0 Å². The van der Waals surface area contributed by atoms with Crippen LogP contribution in [-0.2, 0) is 58.3 Å². The predicted molar refractivity (Wildman–Crippen MR) is 259 cm³/mol. The molecule has 0 amide bonds. The van der Waals surface area contributed by atoms with Crippen molar-refractivity contribution >= 4 is 21.9 Å². The number of aromatic nitrogens is 3. The Labute approximate surface area is 413 Å². The third-order valence-corrected chi connectivity index (χ3v) is 11.0. The fourth-order valence-corrected chi connectivity index (χ4v) is 7.64. The number of pyridine rings is 3. The van der Waals surface area contributed by atoms with E-state index in [9.17, 15) is 21.7 Å². The van der Waals surface area contributed by atoms with Crippen LogP contribution in [0, 0.1) is 36.5 Å². The summed E-state index contributed by atoms with van der Waals surface area (Å²) in [6.07, 6.45) is -14.6. The van der Waals surface area contributed by atoms with Crippen molar-refractivity contribution in [2.75, 3.05) is 0 Å². The maximum atomic E-state index is 9.71. The smallest absolute Gasteiger partial charge is 0.500 e. The first-order valence-corrected chi connectivity index (χ1v) is 21.1. The Bertz CT molecular complexity index is 3570. The number of nitrogens with zero attached hydrogens (tertiary/aromatic N) is 4. The van der Waals surface area contributed by atoms with Gasteiger partial charge in [0.1, 0.15) is 5.58 Å². The Balaban J connectivity index is 0.00000784. The van der Waals surface area contributed by atoms with Gasteiger partial charge in [-0.3, -0.25) is 0 Å². The second-order valence-electron chi connectivity index (χ2n) is 16.1. The van der Waals surface area contributed by atoms with Crippen LogP contribution in [0.5, 0.6) is 0 Å². The molecular formula is C59H51IrN4O. The van der Waals surface area contributed by atoms with E-state index in [1.54, 1.807) is 73.7 Å². The normalized spacial score (nSPS) is 15.4. The third-order valence-electron chi connectivity index (χ3n) is 11.0. The van der Waals surface area contributed by atoms with Crippen molar-refractivity contribution in [1.82, 2.24) is 15.0 Å². The van der Waals surface area contributed by atoms with Crippen LogP contribution >= 0.6 is 0 Å². The summed E-state index contributed by atoms with van der Waals surface area (Å²) in [5, 5.41) is 11.2. The third kappa shape index (κ3) is 9.93. The van der Waals surface area contributed by atoms with Crippen molar-refractivity contribution in [2.45, 2.75) is 84.7 Å². The first-order chi connectivity index (χ1) is 35.7. The van der Waals surface area contributed by atoms with E-state index in [-0.39, 0.29) is 48.6 Å². The van der Waals surface area contributed by atoms with Crippen LogP contribution in [0.2, 0.25) is 0 Å². The number of hydrogen-bond donors (Lipinski definition) is 0. The first-order valence-electron chi connectivity index (χ1n) is 27.1. The summed E-state index contributed by atoms with van der Waals surface area (Å²) in [7, 11) is 0. The molecule has 5 nitrogen and oxygen atoms in total. The molecule has 0 aliphatic heterocycles. The minimum atomic E-state index is -3.15. The number of furan rings is 1. The molecule has 5 aromatic carbocycles. The van der Waals surface area contributed by atoms with Crippen molar-refractivity contribution < 1.29 is 41.0 Å². The molecule has 9 rings (SSSR count). The van der Waals surface area contributed by atoms with Gasteiger partial charge in [0.15, 0.2) is 0 Å². The quantitative estimate of drug-likeness (QED) is 0.101. The minimum Gasteiger partial charge on any atom is -0.500 e. The van der Waals surface area contributed by atoms with Crippen LogP contribution in [0.4, 0.5) is 0 Å². The van der Waals surface area contributed by atoms with Crippen molar-refractivity contribution in [2.24, 2.45) is 0 Å². The maximum absolute atomic E-state index is 9.71. The number of hydrogen-bond acceptors (Lipinski definition) is 5. The summed E-state index contributed by atoms with van der Waals surface area (Å²) < 4.78 is 122. The average Bonchev–Trinajstić information content (AvgIpc) is 3.80. The Morgan fingerprint density at radius 3 is 1.62 bits per heavy atom. The molecule has 322 valence electrons. The fourth-order valence-electron chi connectivity index (χ4n) is 7.64. The van der Waals surface area contributed by atoms with E-state index >= 15 is 0 Å². The van der Waals surface area contributed by atoms with Gasteiger partial charge < -0.3 is 19.4 Å². The van der Waals surface area contributed by atoms with Crippen molar-refractivity contribution in [3.8, 4) is 39.8 Å². The molecule has 0 aliphatic rings. The van der Waals surface area contributed by atoms with Gasteiger partial charge in [-0.05, 0) is 125 Å². The predicted octanol–water partition coefficient (Wildman–Crippen LogP) is 14.0. The standard InChI is InChI=1S/C59H51N4O.Ir/c1-38(2)53-32-56(45-13-8-6-9-14-45)62-36-48(53)24-21-43-29-42(30-44(31-43)22-25-49-37-63-57(33-54(49)39(3)4)46-15-10-7-11-16-46)20-19-41-23-28-55(61-35-41)52-18-12-17-50-51-27-26-47(34-60)40(5)58(51)64-59(50)52;/h6-13,15,17,23,26-33,35-39H,19-22,24-25H2,1-5H3;/q-3;+3/i19D2,20D2,21D2,22D2,24D2,25D2;. The molecular weight excluding hydrogens is 973 g/mol. The van der Waals surface area contributed by atoms with Gasteiger partial charge in [-0.15, -0.1) is 90.0 Å². The van der Waals surface area contributed by atoms with Gasteiger partial charge >= 0.3 is 20.1 Å². The zero-order valence-electron chi connectivity index (χ0n) is 48.4.